The number of hydrogen-bond acceptors (Lipinski definition) is 4. The molecular weight excluding hydrogens is 534 g/mol. The van der Waals surface area contributed by atoms with E-state index >= 15 is 0 Å². The van der Waals surface area contributed by atoms with E-state index < -0.39 is 5.60 Å². The molecule has 220 valence electrons. The van der Waals surface area contributed by atoms with Crippen molar-refractivity contribution in [2.45, 2.75) is 76.9 Å². The fourth-order valence-corrected chi connectivity index (χ4v) is 6.57. The number of fused-ring (bicyclic) bond motifs is 1. The quantitative estimate of drug-likeness (QED) is 0.220. The second kappa shape index (κ2) is 11.0. The van der Waals surface area contributed by atoms with Crippen LogP contribution in [0.2, 0.25) is 0 Å². The summed E-state index contributed by atoms with van der Waals surface area (Å²) in [5.41, 5.74) is 6.10. The maximum atomic E-state index is 12.8. The van der Waals surface area contributed by atoms with E-state index in [4.69, 9.17) is 9.72 Å². The molecule has 2 aromatic heterocycles. The molecule has 3 heterocycles. The Morgan fingerprint density at radius 1 is 0.744 bits per heavy atom. The van der Waals surface area contributed by atoms with Gasteiger partial charge < -0.3 is 14.7 Å². The molecule has 1 aliphatic carbocycles. The summed E-state index contributed by atoms with van der Waals surface area (Å²) in [5.74, 6) is 2.53. The van der Waals surface area contributed by atoms with Crippen LogP contribution in [0.25, 0.3) is 44.4 Å². The summed E-state index contributed by atoms with van der Waals surface area (Å²) in [4.78, 5) is 31.0. The molecule has 43 heavy (non-hydrogen) atoms. The van der Waals surface area contributed by atoms with E-state index in [0.29, 0.717) is 12.5 Å². The van der Waals surface area contributed by atoms with Gasteiger partial charge in [0.05, 0.1) is 29.8 Å². The number of benzene rings is 3. The molecule has 0 radical (unpaired) electrons. The number of imidazole rings is 2. The van der Waals surface area contributed by atoms with Crippen molar-refractivity contribution in [3.63, 3.8) is 0 Å². The van der Waals surface area contributed by atoms with Crippen LogP contribution in [-0.2, 0) is 4.74 Å². The van der Waals surface area contributed by atoms with Gasteiger partial charge in [-0.25, -0.2) is 14.8 Å². The highest BCUT2D eigenvalue weighted by atomic mass is 16.6. The van der Waals surface area contributed by atoms with E-state index in [-0.39, 0.29) is 12.1 Å². The monoisotopic (exact) mass is 573 g/mol. The van der Waals surface area contributed by atoms with Crippen molar-refractivity contribution >= 4 is 16.9 Å². The highest BCUT2D eigenvalue weighted by molar-refractivity contribution is 5.90. The molecule has 2 aliphatic rings. The molecule has 1 saturated heterocycles. The van der Waals surface area contributed by atoms with Crippen LogP contribution in [0.4, 0.5) is 4.79 Å². The van der Waals surface area contributed by atoms with Crippen LogP contribution in [-0.4, -0.2) is 43.1 Å². The Bertz CT molecular complexity index is 1750. The summed E-state index contributed by atoms with van der Waals surface area (Å²) in [6.45, 7) is 6.37. The second-order valence-electron chi connectivity index (χ2n) is 13.0. The Morgan fingerprint density at radius 3 is 2.05 bits per heavy atom. The maximum Gasteiger partial charge on any atom is 0.410 e. The molecule has 1 atom stereocenters. The number of ether oxygens (including phenoxy) is 1. The number of aromatic amines is 2. The Hall–Kier alpha value is -4.39. The maximum absolute atomic E-state index is 12.8. The van der Waals surface area contributed by atoms with E-state index in [1.165, 1.54) is 47.6 Å². The molecule has 7 heteroatoms. The lowest BCUT2D eigenvalue weighted by molar-refractivity contribution is 0.0218. The summed E-state index contributed by atoms with van der Waals surface area (Å²) in [7, 11) is 0. The van der Waals surface area contributed by atoms with Crippen molar-refractivity contribution in [2.24, 2.45) is 0 Å². The number of H-pyrrole nitrogens is 2. The van der Waals surface area contributed by atoms with Crippen molar-refractivity contribution in [3.05, 3.63) is 84.7 Å². The minimum absolute atomic E-state index is 0.0939. The third-order valence-corrected chi connectivity index (χ3v) is 8.81. The molecule has 1 amide bonds. The van der Waals surface area contributed by atoms with Gasteiger partial charge in [0.25, 0.3) is 0 Å². The number of carbonyl (C=O) groups excluding carboxylic acids is 1. The Kier molecular flexibility index (Phi) is 7.04. The van der Waals surface area contributed by atoms with Gasteiger partial charge >= 0.3 is 6.09 Å². The molecule has 0 spiro atoms. The van der Waals surface area contributed by atoms with Crippen LogP contribution < -0.4 is 0 Å². The first kappa shape index (κ1) is 27.4. The number of likely N-dealkylation sites (tertiary alicyclic amines) is 1. The number of amides is 1. The Morgan fingerprint density at radius 2 is 1.33 bits per heavy atom. The van der Waals surface area contributed by atoms with Crippen LogP contribution in [0, 0.1) is 0 Å². The van der Waals surface area contributed by atoms with Crippen molar-refractivity contribution in [1.29, 1.82) is 0 Å². The highest BCUT2D eigenvalue weighted by Gasteiger charge is 2.34. The lowest BCUT2D eigenvalue weighted by Crippen LogP contribution is -2.36. The van der Waals surface area contributed by atoms with Gasteiger partial charge in [0.15, 0.2) is 0 Å². The van der Waals surface area contributed by atoms with Crippen molar-refractivity contribution < 1.29 is 9.53 Å². The lowest BCUT2D eigenvalue weighted by atomic mass is 9.98. The number of nitrogens with zero attached hydrogens (tertiary/aromatic N) is 3. The molecule has 5 aromatic rings. The second-order valence-corrected chi connectivity index (χ2v) is 13.0. The first-order valence-corrected chi connectivity index (χ1v) is 15.6. The summed E-state index contributed by atoms with van der Waals surface area (Å²) in [6, 6.07) is 21.8. The average molecular weight is 574 g/mol. The minimum atomic E-state index is -0.521. The van der Waals surface area contributed by atoms with Gasteiger partial charge in [0.1, 0.15) is 17.2 Å². The summed E-state index contributed by atoms with van der Waals surface area (Å²) >= 11 is 0. The standard InChI is InChI=1S/C36H39N5O2/c1-36(2,3)43-35(42)41-18-6-9-32(41)34-38-21-30(40-34)24-12-10-23(11-13-24)26-14-15-28-20-29(17-16-27(28)19-26)31-22-37-33(39-31)25-7-4-5-8-25/h10-17,19-22,25,32H,4-9,18H2,1-3H3,(H,37,39)(H,38,40)/t32-/m0/s1. The lowest BCUT2D eigenvalue weighted by Gasteiger charge is -2.27. The zero-order valence-corrected chi connectivity index (χ0v) is 25.2. The first-order valence-electron chi connectivity index (χ1n) is 15.6. The zero-order chi connectivity index (χ0) is 29.6. The van der Waals surface area contributed by atoms with Gasteiger partial charge in [-0.15, -0.1) is 0 Å². The third kappa shape index (κ3) is 5.68. The van der Waals surface area contributed by atoms with Crippen LogP contribution in [0.3, 0.4) is 0 Å². The fraction of sp³-hybridized carbons (Fsp3) is 0.361. The molecule has 7 rings (SSSR count). The van der Waals surface area contributed by atoms with Gasteiger partial charge in [-0.2, -0.15) is 0 Å². The van der Waals surface area contributed by atoms with Gasteiger partial charge in [0.2, 0.25) is 0 Å². The summed E-state index contributed by atoms with van der Waals surface area (Å²) < 4.78 is 5.63. The predicted octanol–water partition coefficient (Wildman–Crippen LogP) is 9.02. The van der Waals surface area contributed by atoms with E-state index in [1.807, 2.05) is 33.2 Å². The fourth-order valence-electron chi connectivity index (χ4n) is 6.57. The third-order valence-electron chi connectivity index (χ3n) is 8.81. The molecule has 7 nitrogen and oxygen atoms in total. The van der Waals surface area contributed by atoms with Gasteiger partial charge in [-0.1, -0.05) is 61.4 Å². The summed E-state index contributed by atoms with van der Waals surface area (Å²) in [6.07, 6.45) is 10.5. The molecule has 3 aromatic carbocycles. The molecular formula is C36H39N5O2. The average Bonchev–Trinajstić information content (AvgIpc) is 3.82. The highest BCUT2D eigenvalue weighted by Crippen LogP contribution is 2.35. The number of carbonyl (C=O) groups is 1. The molecule has 1 aliphatic heterocycles. The first-order chi connectivity index (χ1) is 20.8. The van der Waals surface area contributed by atoms with Crippen molar-refractivity contribution in [1.82, 2.24) is 24.8 Å². The minimum Gasteiger partial charge on any atom is -0.444 e. The van der Waals surface area contributed by atoms with Crippen molar-refractivity contribution in [3.8, 4) is 33.6 Å². The number of aromatic nitrogens is 4. The Labute approximate surface area is 252 Å². The van der Waals surface area contributed by atoms with Crippen LogP contribution in [0.5, 0.6) is 0 Å². The zero-order valence-electron chi connectivity index (χ0n) is 25.2. The number of nitrogens with one attached hydrogen (secondary N) is 2. The molecule has 2 fully saturated rings. The molecule has 0 bridgehead atoms. The molecule has 0 unspecified atom stereocenters. The van der Waals surface area contributed by atoms with E-state index in [9.17, 15) is 4.79 Å². The van der Waals surface area contributed by atoms with Gasteiger partial charge in [-0.3, -0.25) is 4.90 Å². The number of hydrogen-bond donors (Lipinski definition) is 2. The normalized spacial score (nSPS) is 17.7. The largest absolute Gasteiger partial charge is 0.444 e. The van der Waals surface area contributed by atoms with Crippen LogP contribution in [0.1, 0.15) is 82.9 Å². The summed E-state index contributed by atoms with van der Waals surface area (Å²) in [5, 5.41) is 2.43. The van der Waals surface area contributed by atoms with Gasteiger partial charge in [0, 0.05) is 18.0 Å². The topological polar surface area (TPSA) is 86.9 Å². The van der Waals surface area contributed by atoms with Crippen molar-refractivity contribution in [2.75, 3.05) is 6.54 Å². The van der Waals surface area contributed by atoms with E-state index in [2.05, 4.69) is 75.6 Å². The van der Waals surface area contributed by atoms with E-state index in [1.54, 1.807) is 4.90 Å². The molecule has 1 saturated carbocycles. The smallest absolute Gasteiger partial charge is 0.410 e. The van der Waals surface area contributed by atoms with Crippen LogP contribution >= 0.6 is 0 Å². The SMILES string of the molecule is CC(C)(C)OC(=O)N1CCC[C@H]1c1ncc(-c2ccc(-c3ccc4cc(-c5cnc(C6CCCC6)[nH]5)ccc4c3)cc2)[nH]1. The van der Waals surface area contributed by atoms with Crippen LogP contribution in [0.15, 0.2) is 73.1 Å². The number of rotatable bonds is 5. The van der Waals surface area contributed by atoms with E-state index in [0.717, 1.165) is 47.0 Å². The Balaban J connectivity index is 1.06. The molecule has 2 N–H and O–H groups in total. The van der Waals surface area contributed by atoms with Gasteiger partial charge in [-0.05, 0) is 86.1 Å². The predicted molar refractivity (Wildman–Crippen MR) is 171 cm³/mol.